The zero-order valence-electron chi connectivity index (χ0n) is 17.7. The lowest BCUT2D eigenvalue weighted by Crippen LogP contribution is -2.42. The van der Waals surface area contributed by atoms with E-state index in [2.05, 4.69) is 53.5 Å². The van der Waals surface area contributed by atoms with Crippen molar-refractivity contribution in [1.29, 1.82) is 0 Å². The molecule has 1 aliphatic rings. The van der Waals surface area contributed by atoms with Crippen LogP contribution in [0.4, 0.5) is 5.69 Å². The molecule has 1 N–H and O–H groups in total. The van der Waals surface area contributed by atoms with Gasteiger partial charge in [0, 0.05) is 64.9 Å². The fourth-order valence-corrected chi connectivity index (χ4v) is 3.57. The minimum atomic E-state index is 0.585. The van der Waals surface area contributed by atoms with Gasteiger partial charge in [-0.25, -0.2) is 0 Å². The third kappa shape index (κ3) is 7.13. The maximum absolute atomic E-state index is 5.53. The van der Waals surface area contributed by atoms with Gasteiger partial charge in [0.1, 0.15) is 5.76 Å². The highest BCUT2D eigenvalue weighted by Gasteiger charge is 2.19. The molecule has 1 aromatic carbocycles. The van der Waals surface area contributed by atoms with E-state index in [-0.39, 0.29) is 0 Å². The second-order valence-electron chi connectivity index (χ2n) is 7.68. The van der Waals surface area contributed by atoms with Crippen molar-refractivity contribution in [1.82, 2.24) is 10.2 Å². The number of anilines is 1. The summed E-state index contributed by atoms with van der Waals surface area (Å²) in [6, 6.07) is 14.4. The number of aliphatic imine (C=N–C) groups is 1. The van der Waals surface area contributed by atoms with Gasteiger partial charge in [0.2, 0.25) is 0 Å². The van der Waals surface area contributed by atoms with Crippen LogP contribution in [0.15, 0.2) is 58.1 Å². The summed E-state index contributed by atoms with van der Waals surface area (Å²) in [7, 11) is 4.25. The Balaban J connectivity index is 1.49. The van der Waals surface area contributed by atoms with Crippen molar-refractivity contribution in [2.45, 2.75) is 19.3 Å². The third-order valence-corrected chi connectivity index (χ3v) is 5.26. The summed E-state index contributed by atoms with van der Waals surface area (Å²) < 4.78 is 11.0. The average Bonchev–Trinajstić information content (AvgIpc) is 3.44. The minimum absolute atomic E-state index is 0.585. The molecule has 29 heavy (non-hydrogen) atoms. The second-order valence-corrected chi connectivity index (χ2v) is 7.68. The summed E-state index contributed by atoms with van der Waals surface area (Å²) in [5.74, 6) is 2.54. The molecule has 0 radical (unpaired) electrons. The van der Waals surface area contributed by atoms with Gasteiger partial charge in [-0.05, 0) is 37.1 Å². The molecule has 0 saturated carbocycles. The molecule has 0 amide bonds. The zero-order valence-corrected chi connectivity index (χ0v) is 17.7. The van der Waals surface area contributed by atoms with Crippen LogP contribution in [0.25, 0.3) is 0 Å². The van der Waals surface area contributed by atoms with E-state index in [4.69, 9.17) is 14.1 Å². The molecule has 1 fully saturated rings. The van der Waals surface area contributed by atoms with Crippen LogP contribution in [0, 0.1) is 5.92 Å². The summed E-state index contributed by atoms with van der Waals surface area (Å²) in [5.41, 5.74) is 1.24. The molecule has 2 heterocycles. The molecule has 1 aliphatic heterocycles. The monoisotopic (exact) mass is 398 g/mol. The summed E-state index contributed by atoms with van der Waals surface area (Å²) in [6.45, 7) is 5.28. The molecule has 0 spiro atoms. The van der Waals surface area contributed by atoms with Crippen molar-refractivity contribution in [2.24, 2.45) is 10.9 Å². The Hall–Kier alpha value is -2.47. The van der Waals surface area contributed by atoms with Crippen LogP contribution in [-0.2, 0) is 11.2 Å². The van der Waals surface area contributed by atoms with E-state index in [1.54, 1.807) is 6.26 Å². The lowest BCUT2D eigenvalue weighted by atomic mass is 10.1. The van der Waals surface area contributed by atoms with Gasteiger partial charge in [-0.3, -0.25) is 4.99 Å². The number of para-hydroxylation sites is 1. The molecule has 1 aromatic heterocycles. The van der Waals surface area contributed by atoms with Gasteiger partial charge in [-0.15, -0.1) is 0 Å². The van der Waals surface area contributed by atoms with Crippen molar-refractivity contribution in [2.75, 3.05) is 58.4 Å². The molecule has 1 saturated heterocycles. The van der Waals surface area contributed by atoms with E-state index in [1.807, 2.05) is 18.2 Å². The number of benzene rings is 1. The lowest BCUT2D eigenvalue weighted by molar-refractivity contribution is 0.181. The fraction of sp³-hybridized carbons (Fsp3) is 0.522. The van der Waals surface area contributed by atoms with Crippen molar-refractivity contribution < 1.29 is 9.15 Å². The molecular weight excluding hydrogens is 364 g/mol. The number of rotatable bonds is 10. The first kappa shape index (κ1) is 21.2. The first-order valence-electron chi connectivity index (χ1n) is 10.6. The quantitative estimate of drug-likeness (QED) is 0.378. The Morgan fingerprint density at radius 2 is 2.03 bits per heavy atom. The number of ether oxygens (including phenoxy) is 1. The summed E-state index contributed by atoms with van der Waals surface area (Å²) in [5, 5.41) is 3.51. The number of hydrogen-bond acceptors (Lipinski definition) is 4. The van der Waals surface area contributed by atoms with E-state index in [0.717, 1.165) is 70.4 Å². The van der Waals surface area contributed by atoms with E-state index < -0.39 is 0 Å². The lowest BCUT2D eigenvalue weighted by Gasteiger charge is -2.25. The van der Waals surface area contributed by atoms with Gasteiger partial charge in [-0.1, -0.05) is 18.2 Å². The number of nitrogens with zero attached hydrogens (tertiary/aromatic N) is 3. The Morgan fingerprint density at radius 1 is 1.17 bits per heavy atom. The normalized spacial score (nSPS) is 16.8. The Kier molecular flexibility index (Phi) is 8.43. The van der Waals surface area contributed by atoms with Crippen LogP contribution in [0.2, 0.25) is 0 Å². The molecule has 6 heteroatoms. The van der Waals surface area contributed by atoms with E-state index in [9.17, 15) is 0 Å². The van der Waals surface area contributed by atoms with Gasteiger partial charge in [-0.2, -0.15) is 0 Å². The molecule has 6 nitrogen and oxygen atoms in total. The van der Waals surface area contributed by atoms with E-state index >= 15 is 0 Å². The smallest absolute Gasteiger partial charge is 0.193 e. The third-order valence-electron chi connectivity index (χ3n) is 5.26. The SMILES string of the molecule is CN(CC1CCOC1)C(=NCCCN(C)c1ccccc1)NCCc1ccco1. The van der Waals surface area contributed by atoms with Crippen LogP contribution < -0.4 is 10.2 Å². The summed E-state index contributed by atoms with van der Waals surface area (Å²) in [6.07, 6.45) is 4.71. The molecule has 0 bridgehead atoms. The molecule has 3 rings (SSSR count). The topological polar surface area (TPSA) is 53.2 Å². The van der Waals surface area contributed by atoms with Crippen molar-refractivity contribution in [3.8, 4) is 0 Å². The van der Waals surface area contributed by atoms with E-state index in [0.29, 0.717) is 5.92 Å². The highest BCUT2D eigenvalue weighted by Crippen LogP contribution is 2.14. The molecule has 1 atom stereocenters. The maximum Gasteiger partial charge on any atom is 0.193 e. The highest BCUT2D eigenvalue weighted by molar-refractivity contribution is 5.79. The Labute approximate surface area is 174 Å². The predicted octanol–water partition coefficient (Wildman–Crippen LogP) is 3.26. The average molecular weight is 399 g/mol. The molecule has 0 aliphatic carbocycles. The van der Waals surface area contributed by atoms with Crippen molar-refractivity contribution in [3.63, 3.8) is 0 Å². The van der Waals surface area contributed by atoms with Crippen LogP contribution in [0.5, 0.6) is 0 Å². The van der Waals surface area contributed by atoms with Crippen molar-refractivity contribution >= 4 is 11.6 Å². The summed E-state index contributed by atoms with van der Waals surface area (Å²) >= 11 is 0. The zero-order chi connectivity index (χ0) is 20.3. The minimum Gasteiger partial charge on any atom is -0.469 e. The molecule has 158 valence electrons. The highest BCUT2D eigenvalue weighted by atomic mass is 16.5. The van der Waals surface area contributed by atoms with Crippen LogP contribution in [0.3, 0.4) is 0 Å². The van der Waals surface area contributed by atoms with Gasteiger partial charge in [0.05, 0.1) is 12.9 Å². The van der Waals surface area contributed by atoms with Gasteiger partial charge < -0.3 is 24.3 Å². The number of furan rings is 1. The van der Waals surface area contributed by atoms with Crippen LogP contribution >= 0.6 is 0 Å². The standard InChI is InChI=1S/C23H34N4O2/c1-26(21-8-4-3-5-9-21)15-7-13-24-23(25-14-11-22-10-6-16-29-22)27(2)18-20-12-17-28-19-20/h3-6,8-10,16,20H,7,11-15,17-19H2,1-2H3,(H,24,25). The largest absolute Gasteiger partial charge is 0.469 e. The maximum atomic E-state index is 5.53. The first-order chi connectivity index (χ1) is 14.2. The second kappa shape index (κ2) is 11.5. The molecule has 1 unspecified atom stereocenters. The number of nitrogens with one attached hydrogen (secondary N) is 1. The van der Waals surface area contributed by atoms with Crippen LogP contribution in [0.1, 0.15) is 18.6 Å². The Morgan fingerprint density at radius 3 is 2.76 bits per heavy atom. The number of guanidine groups is 1. The van der Waals surface area contributed by atoms with E-state index in [1.165, 1.54) is 5.69 Å². The fourth-order valence-electron chi connectivity index (χ4n) is 3.57. The van der Waals surface area contributed by atoms with Gasteiger partial charge in [0.15, 0.2) is 5.96 Å². The molecular formula is C23H34N4O2. The number of hydrogen-bond donors (Lipinski definition) is 1. The molecule has 2 aromatic rings. The van der Waals surface area contributed by atoms with Gasteiger partial charge >= 0.3 is 0 Å². The first-order valence-corrected chi connectivity index (χ1v) is 10.6. The van der Waals surface area contributed by atoms with Crippen molar-refractivity contribution in [3.05, 3.63) is 54.5 Å². The van der Waals surface area contributed by atoms with Crippen LogP contribution in [-0.4, -0.2) is 64.3 Å². The summed E-state index contributed by atoms with van der Waals surface area (Å²) in [4.78, 5) is 9.40. The Bertz CT molecular complexity index is 712. The van der Waals surface area contributed by atoms with Gasteiger partial charge in [0.25, 0.3) is 0 Å². The predicted molar refractivity (Wildman–Crippen MR) is 119 cm³/mol.